The summed E-state index contributed by atoms with van der Waals surface area (Å²) in [4.78, 5) is 27.4. The summed E-state index contributed by atoms with van der Waals surface area (Å²) in [5, 5.41) is 9.34. The fraction of sp³-hybridized carbons (Fsp3) is 0.417. The molecule has 3 N–H and O–H groups in total. The minimum atomic E-state index is -0.469. The van der Waals surface area contributed by atoms with E-state index in [0.29, 0.717) is 40.9 Å². The number of ether oxygens (including phenoxy) is 2. The molecule has 0 bridgehead atoms. The second-order valence-corrected chi connectivity index (χ2v) is 8.73. The number of urea groups is 1. The summed E-state index contributed by atoms with van der Waals surface area (Å²) in [7, 11) is 3.39. The molecule has 0 radical (unpaired) electrons. The molecule has 0 fully saturated rings. The van der Waals surface area contributed by atoms with Gasteiger partial charge in [-0.3, -0.25) is 4.79 Å². The Morgan fingerprint density at radius 3 is 2.70 bits per heavy atom. The topological polar surface area (TPSA) is 91.9 Å². The van der Waals surface area contributed by atoms with E-state index in [9.17, 15) is 9.59 Å². The number of carbonyl (C=O) groups excluding carboxylic acids is 2. The van der Waals surface area contributed by atoms with Crippen molar-refractivity contribution in [1.29, 1.82) is 0 Å². The van der Waals surface area contributed by atoms with Crippen LogP contribution in [0.5, 0.6) is 5.75 Å². The number of nitrogens with one attached hydrogen (secondary N) is 3. The summed E-state index contributed by atoms with van der Waals surface area (Å²) in [6, 6.07) is 11.6. The Labute approximate surface area is 199 Å². The van der Waals surface area contributed by atoms with Crippen LogP contribution in [0.25, 0.3) is 0 Å². The molecule has 1 aliphatic heterocycles. The predicted molar refractivity (Wildman–Crippen MR) is 130 cm³/mol. The van der Waals surface area contributed by atoms with E-state index in [4.69, 9.17) is 21.1 Å². The average molecular weight is 475 g/mol. The van der Waals surface area contributed by atoms with Gasteiger partial charge in [-0.1, -0.05) is 30.7 Å². The van der Waals surface area contributed by atoms with Crippen molar-refractivity contribution >= 4 is 34.9 Å². The molecule has 3 rings (SSSR count). The van der Waals surface area contributed by atoms with Gasteiger partial charge in [-0.15, -0.1) is 0 Å². The molecule has 178 valence electrons. The SMILES string of the molecule is CO[C@@H]1CN(C)C(=O)c2cc(NC(=O)Nc3ccccc3Cl)ccc2OC[C@H](C)NC[C@@H]1C. The Morgan fingerprint density at radius 2 is 1.97 bits per heavy atom. The van der Waals surface area contributed by atoms with E-state index in [1.807, 2.05) is 6.92 Å². The molecule has 2 aromatic rings. The average Bonchev–Trinajstić information content (AvgIpc) is 2.80. The first kappa shape index (κ1) is 24.8. The lowest BCUT2D eigenvalue weighted by Gasteiger charge is -2.30. The third-order valence-corrected chi connectivity index (χ3v) is 5.93. The van der Waals surface area contributed by atoms with Crippen LogP contribution in [-0.2, 0) is 4.74 Å². The summed E-state index contributed by atoms with van der Waals surface area (Å²) in [5.74, 6) is 0.448. The van der Waals surface area contributed by atoms with E-state index >= 15 is 0 Å². The van der Waals surface area contributed by atoms with Gasteiger partial charge in [0, 0.05) is 39.0 Å². The molecule has 0 unspecified atom stereocenters. The van der Waals surface area contributed by atoms with E-state index in [1.165, 1.54) is 0 Å². The van der Waals surface area contributed by atoms with Crippen LogP contribution in [0, 0.1) is 5.92 Å². The van der Waals surface area contributed by atoms with Crippen LogP contribution in [-0.4, -0.2) is 62.8 Å². The number of nitrogens with zero attached hydrogens (tertiary/aromatic N) is 1. The maximum Gasteiger partial charge on any atom is 0.323 e. The van der Waals surface area contributed by atoms with Gasteiger partial charge in [-0.2, -0.15) is 0 Å². The molecule has 0 spiro atoms. The van der Waals surface area contributed by atoms with Crippen molar-refractivity contribution in [2.45, 2.75) is 26.0 Å². The molecule has 2 aromatic carbocycles. The van der Waals surface area contributed by atoms with Crippen LogP contribution in [0.15, 0.2) is 42.5 Å². The Balaban J connectivity index is 1.83. The van der Waals surface area contributed by atoms with Gasteiger partial charge in [-0.25, -0.2) is 4.79 Å². The normalized spacial score (nSPS) is 21.8. The smallest absolute Gasteiger partial charge is 0.323 e. The first-order chi connectivity index (χ1) is 15.8. The van der Waals surface area contributed by atoms with Gasteiger partial charge in [0.25, 0.3) is 5.91 Å². The number of carbonyl (C=O) groups is 2. The molecule has 0 saturated carbocycles. The largest absolute Gasteiger partial charge is 0.491 e. The lowest BCUT2D eigenvalue weighted by atomic mass is 10.0. The van der Waals surface area contributed by atoms with Gasteiger partial charge in [0.1, 0.15) is 12.4 Å². The summed E-state index contributed by atoms with van der Waals surface area (Å²) in [5.41, 5.74) is 1.31. The number of halogens is 1. The van der Waals surface area contributed by atoms with E-state index in [-0.39, 0.29) is 24.0 Å². The number of hydrogen-bond acceptors (Lipinski definition) is 5. The Morgan fingerprint density at radius 1 is 1.21 bits per heavy atom. The number of rotatable bonds is 3. The van der Waals surface area contributed by atoms with Gasteiger partial charge in [0.05, 0.1) is 22.4 Å². The zero-order valence-electron chi connectivity index (χ0n) is 19.4. The van der Waals surface area contributed by atoms with Crippen molar-refractivity contribution in [3.8, 4) is 5.75 Å². The quantitative estimate of drug-likeness (QED) is 0.623. The second-order valence-electron chi connectivity index (χ2n) is 8.33. The fourth-order valence-electron chi connectivity index (χ4n) is 3.59. The summed E-state index contributed by atoms with van der Waals surface area (Å²) in [6.07, 6.45) is -0.120. The highest BCUT2D eigenvalue weighted by Gasteiger charge is 2.25. The molecule has 9 heteroatoms. The monoisotopic (exact) mass is 474 g/mol. The third kappa shape index (κ3) is 6.60. The zero-order chi connectivity index (χ0) is 24.0. The Bertz CT molecular complexity index is 987. The summed E-state index contributed by atoms with van der Waals surface area (Å²) < 4.78 is 11.6. The van der Waals surface area contributed by atoms with Crippen LogP contribution < -0.4 is 20.7 Å². The number of likely N-dealkylation sites (N-methyl/N-ethyl adjacent to an activating group) is 1. The third-order valence-electron chi connectivity index (χ3n) is 5.60. The van der Waals surface area contributed by atoms with Crippen molar-refractivity contribution in [1.82, 2.24) is 10.2 Å². The molecule has 0 aromatic heterocycles. The van der Waals surface area contributed by atoms with E-state index in [1.54, 1.807) is 61.5 Å². The molecule has 0 aliphatic carbocycles. The van der Waals surface area contributed by atoms with Crippen LogP contribution in [0.2, 0.25) is 5.02 Å². The van der Waals surface area contributed by atoms with Crippen LogP contribution in [0.4, 0.5) is 16.2 Å². The van der Waals surface area contributed by atoms with Crippen molar-refractivity contribution in [3.05, 3.63) is 53.1 Å². The zero-order valence-corrected chi connectivity index (χ0v) is 20.1. The number of fused-ring (bicyclic) bond motifs is 1. The van der Waals surface area contributed by atoms with Gasteiger partial charge in [0.2, 0.25) is 0 Å². The van der Waals surface area contributed by atoms with Gasteiger partial charge in [0.15, 0.2) is 0 Å². The number of methoxy groups -OCH3 is 1. The maximum atomic E-state index is 13.3. The van der Waals surface area contributed by atoms with E-state index in [2.05, 4.69) is 22.9 Å². The maximum absolute atomic E-state index is 13.3. The Hall–Kier alpha value is -2.81. The van der Waals surface area contributed by atoms with Crippen molar-refractivity contribution in [2.24, 2.45) is 5.92 Å². The number of para-hydroxylation sites is 1. The first-order valence-corrected chi connectivity index (χ1v) is 11.3. The molecule has 8 nitrogen and oxygen atoms in total. The number of hydrogen-bond donors (Lipinski definition) is 3. The van der Waals surface area contributed by atoms with Gasteiger partial charge >= 0.3 is 6.03 Å². The molecule has 1 aliphatic rings. The number of anilines is 2. The lowest BCUT2D eigenvalue weighted by Crippen LogP contribution is -2.44. The molecule has 1 heterocycles. The molecular weight excluding hydrogens is 444 g/mol. The highest BCUT2D eigenvalue weighted by Crippen LogP contribution is 2.26. The van der Waals surface area contributed by atoms with Crippen molar-refractivity contribution in [3.63, 3.8) is 0 Å². The molecule has 3 amide bonds. The Kier molecular flexibility index (Phi) is 8.55. The molecular formula is C24H31ClN4O4. The van der Waals surface area contributed by atoms with Crippen LogP contribution in [0.1, 0.15) is 24.2 Å². The molecule has 33 heavy (non-hydrogen) atoms. The highest BCUT2D eigenvalue weighted by molar-refractivity contribution is 6.33. The van der Waals surface area contributed by atoms with Crippen molar-refractivity contribution in [2.75, 3.05) is 44.5 Å². The first-order valence-electron chi connectivity index (χ1n) is 10.9. The minimum absolute atomic E-state index is 0.0873. The van der Waals surface area contributed by atoms with Crippen LogP contribution >= 0.6 is 11.6 Å². The fourth-order valence-corrected chi connectivity index (χ4v) is 3.77. The van der Waals surface area contributed by atoms with Crippen molar-refractivity contribution < 1.29 is 19.1 Å². The van der Waals surface area contributed by atoms with Gasteiger partial charge < -0.3 is 30.3 Å². The highest BCUT2D eigenvalue weighted by atomic mass is 35.5. The minimum Gasteiger partial charge on any atom is -0.491 e. The van der Waals surface area contributed by atoms with E-state index in [0.717, 1.165) is 6.54 Å². The standard InChI is InChI=1S/C24H31ClN4O4/c1-15-12-26-16(2)14-33-21-10-9-17(11-18(21)23(30)29(3)13-22(15)32-4)27-24(31)28-20-8-6-5-7-19(20)25/h5-11,15-16,22,26H,12-14H2,1-4H3,(H2,27,28,31)/t15-,16-,22+/m0/s1. The number of benzene rings is 2. The molecule has 3 atom stereocenters. The summed E-state index contributed by atoms with van der Waals surface area (Å²) >= 11 is 6.11. The van der Waals surface area contributed by atoms with Crippen LogP contribution in [0.3, 0.4) is 0 Å². The lowest BCUT2D eigenvalue weighted by molar-refractivity contribution is 0.0281. The molecule has 0 saturated heterocycles. The second kappa shape index (κ2) is 11.4. The van der Waals surface area contributed by atoms with E-state index < -0.39 is 6.03 Å². The number of amides is 3. The van der Waals surface area contributed by atoms with Gasteiger partial charge in [-0.05, 0) is 43.2 Å². The predicted octanol–water partition coefficient (Wildman–Crippen LogP) is 4.08. The summed E-state index contributed by atoms with van der Waals surface area (Å²) in [6.45, 7) is 5.70.